The molecule has 0 saturated heterocycles. The van der Waals surface area contributed by atoms with Gasteiger partial charge in [0.25, 0.3) is 0 Å². The molecule has 0 aliphatic heterocycles. The Morgan fingerprint density at radius 3 is 1.73 bits per heavy atom. The van der Waals surface area contributed by atoms with Crippen LogP contribution in [0.3, 0.4) is 0 Å². The Kier molecular flexibility index (Phi) is 4.74. The van der Waals surface area contributed by atoms with E-state index in [0.29, 0.717) is 12.5 Å². The lowest BCUT2D eigenvalue weighted by Crippen LogP contribution is -2.31. The zero-order chi connectivity index (χ0) is 8.91. The molecule has 0 fully saturated rings. The normalized spacial score (nSPS) is 15.0. The van der Waals surface area contributed by atoms with Gasteiger partial charge in [-0.3, -0.25) is 0 Å². The molecule has 0 heterocycles. The van der Waals surface area contributed by atoms with Crippen LogP contribution in [0.15, 0.2) is 0 Å². The molecule has 1 heteroatoms. The van der Waals surface area contributed by atoms with Gasteiger partial charge < -0.3 is 5.11 Å². The van der Waals surface area contributed by atoms with Gasteiger partial charge in [0, 0.05) is 6.61 Å². The monoisotopic (exact) mass is 158 g/mol. The van der Waals surface area contributed by atoms with Crippen molar-refractivity contribution < 1.29 is 5.11 Å². The molecule has 1 N–H and O–H groups in total. The number of hydrogen-bond donors (Lipinski definition) is 1. The van der Waals surface area contributed by atoms with Crippen molar-refractivity contribution in [1.82, 2.24) is 0 Å². The van der Waals surface area contributed by atoms with E-state index in [-0.39, 0.29) is 5.41 Å². The van der Waals surface area contributed by atoms with Crippen LogP contribution in [-0.4, -0.2) is 11.7 Å². The molecule has 0 spiro atoms. The van der Waals surface area contributed by atoms with Crippen molar-refractivity contribution >= 4 is 0 Å². The summed E-state index contributed by atoms with van der Waals surface area (Å²) < 4.78 is 0. The average molecular weight is 158 g/mol. The van der Waals surface area contributed by atoms with Crippen LogP contribution >= 0.6 is 0 Å². The Morgan fingerprint density at radius 2 is 1.64 bits per heavy atom. The smallest absolute Gasteiger partial charge is 0.0489 e. The van der Waals surface area contributed by atoms with E-state index in [2.05, 4.69) is 27.7 Å². The van der Waals surface area contributed by atoms with Gasteiger partial charge in [-0.1, -0.05) is 34.1 Å². The third kappa shape index (κ3) is 2.19. The third-order valence-corrected chi connectivity index (χ3v) is 3.38. The maximum Gasteiger partial charge on any atom is 0.0489 e. The molecule has 0 aromatic rings. The van der Waals surface area contributed by atoms with Crippen LogP contribution in [0.5, 0.6) is 0 Å². The van der Waals surface area contributed by atoms with Gasteiger partial charge in [0.2, 0.25) is 0 Å². The molecule has 0 aromatic carbocycles. The molecule has 68 valence electrons. The highest BCUT2D eigenvalue weighted by Crippen LogP contribution is 2.36. The minimum absolute atomic E-state index is 0.189. The van der Waals surface area contributed by atoms with Crippen molar-refractivity contribution in [3.05, 3.63) is 0 Å². The number of aliphatic hydroxyl groups excluding tert-OH is 1. The number of rotatable bonds is 5. The summed E-state index contributed by atoms with van der Waals surface area (Å²) in [5.41, 5.74) is 0.189. The van der Waals surface area contributed by atoms with E-state index < -0.39 is 0 Å². The van der Waals surface area contributed by atoms with Crippen molar-refractivity contribution in [2.45, 2.75) is 47.0 Å². The number of hydrogen-bond acceptors (Lipinski definition) is 1. The summed E-state index contributed by atoms with van der Waals surface area (Å²) in [6, 6.07) is 0. The molecule has 1 atom stereocenters. The van der Waals surface area contributed by atoms with E-state index in [1.165, 1.54) is 6.42 Å². The predicted molar refractivity (Wildman–Crippen MR) is 49.6 cm³/mol. The Bertz CT molecular complexity index is 86.8. The van der Waals surface area contributed by atoms with Gasteiger partial charge >= 0.3 is 0 Å². The van der Waals surface area contributed by atoms with Crippen molar-refractivity contribution in [3.8, 4) is 0 Å². The fraction of sp³-hybridized carbons (Fsp3) is 1.00. The Hall–Kier alpha value is -0.0400. The topological polar surface area (TPSA) is 20.2 Å². The lowest BCUT2D eigenvalue weighted by Gasteiger charge is -2.35. The summed E-state index contributed by atoms with van der Waals surface area (Å²) >= 11 is 0. The second-order valence-electron chi connectivity index (χ2n) is 3.54. The summed E-state index contributed by atoms with van der Waals surface area (Å²) in [5.74, 6) is 0.641. The van der Waals surface area contributed by atoms with Gasteiger partial charge in [-0.15, -0.1) is 0 Å². The molecular weight excluding hydrogens is 136 g/mol. The van der Waals surface area contributed by atoms with Crippen LogP contribution in [-0.2, 0) is 0 Å². The first-order valence-corrected chi connectivity index (χ1v) is 4.77. The van der Waals surface area contributed by atoms with Crippen LogP contribution < -0.4 is 0 Å². The maximum absolute atomic E-state index is 9.28. The van der Waals surface area contributed by atoms with Gasteiger partial charge in [0.15, 0.2) is 0 Å². The standard InChI is InChI=1S/C10H22O/c1-5-9(4)10(6-2,7-3)8-11/h9,11H,5-8H2,1-4H3. The molecule has 0 aliphatic rings. The Morgan fingerprint density at radius 1 is 1.18 bits per heavy atom. The van der Waals surface area contributed by atoms with E-state index in [1.54, 1.807) is 0 Å². The molecule has 0 radical (unpaired) electrons. The van der Waals surface area contributed by atoms with Gasteiger partial charge in [-0.2, -0.15) is 0 Å². The van der Waals surface area contributed by atoms with Crippen molar-refractivity contribution in [2.24, 2.45) is 11.3 Å². The first-order chi connectivity index (χ1) is 5.16. The second kappa shape index (κ2) is 4.76. The van der Waals surface area contributed by atoms with E-state index in [1.807, 2.05) is 0 Å². The lowest BCUT2D eigenvalue weighted by atomic mass is 9.72. The average Bonchev–Trinajstić information content (AvgIpc) is 2.08. The van der Waals surface area contributed by atoms with Crippen molar-refractivity contribution in [3.63, 3.8) is 0 Å². The van der Waals surface area contributed by atoms with Crippen LogP contribution in [0.2, 0.25) is 0 Å². The highest BCUT2D eigenvalue weighted by atomic mass is 16.3. The van der Waals surface area contributed by atoms with Crippen LogP contribution in [0.25, 0.3) is 0 Å². The first-order valence-electron chi connectivity index (χ1n) is 4.77. The molecule has 0 aromatic heterocycles. The zero-order valence-electron chi connectivity index (χ0n) is 8.35. The summed E-state index contributed by atoms with van der Waals surface area (Å²) in [7, 11) is 0. The molecule has 0 amide bonds. The molecule has 0 saturated carbocycles. The lowest BCUT2D eigenvalue weighted by molar-refractivity contribution is 0.0577. The van der Waals surface area contributed by atoms with Gasteiger partial charge in [0.05, 0.1) is 0 Å². The van der Waals surface area contributed by atoms with Crippen molar-refractivity contribution in [2.75, 3.05) is 6.61 Å². The molecule has 0 aliphatic carbocycles. The molecule has 1 nitrogen and oxygen atoms in total. The fourth-order valence-electron chi connectivity index (χ4n) is 1.76. The van der Waals surface area contributed by atoms with E-state index >= 15 is 0 Å². The maximum atomic E-state index is 9.28. The van der Waals surface area contributed by atoms with Gasteiger partial charge in [0.1, 0.15) is 0 Å². The third-order valence-electron chi connectivity index (χ3n) is 3.38. The highest BCUT2D eigenvalue weighted by molar-refractivity contribution is 4.80. The summed E-state index contributed by atoms with van der Waals surface area (Å²) in [6.07, 6.45) is 3.35. The van der Waals surface area contributed by atoms with Crippen molar-refractivity contribution in [1.29, 1.82) is 0 Å². The predicted octanol–water partition coefficient (Wildman–Crippen LogP) is 2.83. The van der Waals surface area contributed by atoms with Crippen LogP contribution in [0, 0.1) is 11.3 Å². The SMILES string of the molecule is CCC(C)C(CC)(CC)CO. The van der Waals surface area contributed by atoms with Gasteiger partial charge in [-0.05, 0) is 24.2 Å². The number of aliphatic hydroxyl groups is 1. The molecule has 1 unspecified atom stereocenters. The summed E-state index contributed by atoms with van der Waals surface area (Å²) in [5, 5.41) is 9.28. The molecule has 11 heavy (non-hydrogen) atoms. The van der Waals surface area contributed by atoms with E-state index in [4.69, 9.17) is 0 Å². The Balaban J connectivity index is 4.26. The summed E-state index contributed by atoms with van der Waals surface area (Å²) in [6.45, 7) is 9.12. The minimum atomic E-state index is 0.189. The molecule has 0 bridgehead atoms. The minimum Gasteiger partial charge on any atom is -0.396 e. The van der Waals surface area contributed by atoms with Crippen LogP contribution in [0.1, 0.15) is 47.0 Å². The zero-order valence-corrected chi connectivity index (χ0v) is 8.35. The highest BCUT2D eigenvalue weighted by Gasteiger charge is 2.30. The molecule has 0 rings (SSSR count). The Labute approximate surface area is 70.8 Å². The summed E-state index contributed by atoms with van der Waals surface area (Å²) in [4.78, 5) is 0. The second-order valence-corrected chi connectivity index (χ2v) is 3.54. The van der Waals surface area contributed by atoms with E-state index in [0.717, 1.165) is 12.8 Å². The van der Waals surface area contributed by atoms with E-state index in [9.17, 15) is 5.11 Å². The first kappa shape index (κ1) is 11.0. The quantitative estimate of drug-likeness (QED) is 0.652. The van der Waals surface area contributed by atoms with Crippen LogP contribution in [0.4, 0.5) is 0 Å². The fourth-order valence-corrected chi connectivity index (χ4v) is 1.76. The van der Waals surface area contributed by atoms with Gasteiger partial charge in [-0.25, -0.2) is 0 Å². The largest absolute Gasteiger partial charge is 0.396 e. The molecular formula is C10H22O.